The van der Waals surface area contributed by atoms with Crippen LogP contribution in [0.4, 0.5) is 0 Å². The molecule has 0 unspecified atom stereocenters. The van der Waals surface area contributed by atoms with Crippen molar-refractivity contribution in [3.05, 3.63) is 40.8 Å². The number of benzene rings is 2. The molecule has 1 aliphatic rings. The minimum atomic E-state index is -0.455. The minimum Gasteiger partial charge on any atom is -0.493 e. The van der Waals surface area contributed by atoms with Crippen molar-refractivity contribution in [2.24, 2.45) is 0 Å². The molecule has 2 aromatic heterocycles. The number of aromatic nitrogens is 2. The molecule has 0 amide bonds. The van der Waals surface area contributed by atoms with E-state index in [1.165, 1.54) is 14.2 Å². The smallest absolute Gasteiger partial charge is 0.265 e. The molecule has 0 atom stereocenters. The van der Waals surface area contributed by atoms with Crippen molar-refractivity contribution in [1.82, 2.24) is 9.55 Å². The van der Waals surface area contributed by atoms with Gasteiger partial charge in [0.05, 0.1) is 30.6 Å². The first-order valence-corrected chi connectivity index (χ1v) is 8.44. The lowest BCUT2D eigenvalue weighted by Crippen LogP contribution is -2.20. The number of nitrogens with zero attached hydrogens (tertiary/aromatic N) is 2. The molecule has 0 bridgehead atoms. The number of ether oxygens (including phenoxy) is 4. The van der Waals surface area contributed by atoms with E-state index in [1.807, 2.05) is 0 Å². The molecular formula is C20H14N2O6. The summed E-state index contributed by atoms with van der Waals surface area (Å²) in [5.74, 6) is 2.00. The van der Waals surface area contributed by atoms with Crippen LogP contribution >= 0.6 is 0 Å². The van der Waals surface area contributed by atoms with Gasteiger partial charge in [0.2, 0.25) is 13.2 Å². The van der Waals surface area contributed by atoms with Crippen molar-refractivity contribution >= 4 is 39.0 Å². The molecule has 0 saturated heterocycles. The first-order valence-electron chi connectivity index (χ1n) is 8.44. The Balaban J connectivity index is 2.02. The number of hydrogen-bond acceptors (Lipinski definition) is 7. The van der Waals surface area contributed by atoms with Gasteiger partial charge in [-0.25, -0.2) is 4.57 Å². The third-order valence-electron chi connectivity index (χ3n) is 4.94. The zero-order chi connectivity index (χ0) is 19.4. The van der Waals surface area contributed by atoms with Crippen LogP contribution in [0.3, 0.4) is 0 Å². The van der Waals surface area contributed by atoms with Crippen molar-refractivity contribution in [3.63, 3.8) is 0 Å². The molecule has 8 nitrogen and oxygen atoms in total. The van der Waals surface area contributed by atoms with E-state index in [-0.39, 0.29) is 6.79 Å². The van der Waals surface area contributed by atoms with Gasteiger partial charge in [-0.15, -0.1) is 0 Å². The molecule has 0 fully saturated rings. The summed E-state index contributed by atoms with van der Waals surface area (Å²) in [6, 6.07) is 6.75. The second-order valence-corrected chi connectivity index (χ2v) is 6.28. The van der Waals surface area contributed by atoms with Crippen LogP contribution in [-0.2, 0) is 4.79 Å². The maximum absolute atomic E-state index is 13.1. The second kappa shape index (κ2) is 5.85. The van der Waals surface area contributed by atoms with E-state index >= 15 is 0 Å². The van der Waals surface area contributed by atoms with Gasteiger partial charge in [0.25, 0.3) is 5.56 Å². The zero-order valence-electron chi connectivity index (χ0n) is 15.0. The van der Waals surface area contributed by atoms with E-state index in [1.54, 1.807) is 30.5 Å². The molecular weight excluding hydrogens is 364 g/mol. The van der Waals surface area contributed by atoms with E-state index in [0.29, 0.717) is 62.0 Å². The van der Waals surface area contributed by atoms with Crippen LogP contribution in [0.1, 0.15) is 0 Å². The number of carbonyl (C=O) groups is 1. The maximum atomic E-state index is 13.1. The third-order valence-corrected chi connectivity index (χ3v) is 4.94. The van der Waals surface area contributed by atoms with E-state index in [4.69, 9.17) is 18.9 Å². The summed E-state index contributed by atoms with van der Waals surface area (Å²) in [7, 11) is 3.01. The van der Waals surface area contributed by atoms with Crippen LogP contribution in [0.15, 0.2) is 35.3 Å². The Morgan fingerprint density at radius 2 is 1.64 bits per heavy atom. The van der Waals surface area contributed by atoms with Gasteiger partial charge in [-0.05, 0) is 18.2 Å². The van der Waals surface area contributed by atoms with Crippen LogP contribution in [0.25, 0.3) is 32.6 Å². The quantitative estimate of drug-likeness (QED) is 0.400. The zero-order valence-corrected chi connectivity index (χ0v) is 15.0. The van der Waals surface area contributed by atoms with Gasteiger partial charge in [-0.1, -0.05) is 0 Å². The van der Waals surface area contributed by atoms with E-state index in [2.05, 4.69) is 4.98 Å². The molecule has 0 radical (unpaired) electrons. The lowest BCUT2D eigenvalue weighted by Gasteiger charge is -2.14. The van der Waals surface area contributed by atoms with Crippen molar-refractivity contribution < 1.29 is 23.7 Å². The average molecular weight is 378 g/mol. The number of methoxy groups -OCH3 is 2. The topological polar surface area (TPSA) is 88.9 Å². The number of hydrogen-bond donors (Lipinski definition) is 0. The molecule has 2 aromatic carbocycles. The molecule has 28 heavy (non-hydrogen) atoms. The van der Waals surface area contributed by atoms with Gasteiger partial charge in [-0.3, -0.25) is 14.6 Å². The highest BCUT2D eigenvalue weighted by molar-refractivity contribution is 6.16. The fourth-order valence-corrected chi connectivity index (χ4v) is 3.64. The molecule has 0 N–H and O–H groups in total. The predicted molar refractivity (Wildman–Crippen MR) is 102 cm³/mol. The van der Waals surface area contributed by atoms with Gasteiger partial charge in [0.15, 0.2) is 23.0 Å². The number of fused-ring (bicyclic) bond motifs is 6. The molecule has 0 saturated carbocycles. The monoisotopic (exact) mass is 378 g/mol. The van der Waals surface area contributed by atoms with Crippen molar-refractivity contribution in [1.29, 1.82) is 0 Å². The number of rotatable bonds is 3. The van der Waals surface area contributed by atoms with Crippen molar-refractivity contribution in [3.8, 4) is 23.0 Å². The predicted octanol–water partition coefficient (Wildman–Crippen LogP) is 2.49. The average Bonchev–Trinajstić information content (AvgIpc) is 3.18. The molecule has 4 aromatic rings. The van der Waals surface area contributed by atoms with Crippen LogP contribution in [0, 0.1) is 0 Å². The summed E-state index contributed by atoms with van der Waals surface area (Å²) in [4.78, 5) is 29.4. The fourth-order valence-electron chi connectivity index (χ4n) is 3.64. The van der Waals surface area contributed by atoms with E-state index < -0.39 is 5.56 Å². The SMILES string of the molecule is COc1cc2c(=O)n(C=O)c3c4cc5c(cc4ncc3c2cc1OC)OCO5. The Bertz CT molecular complexity index is 1360. The maximum Gasteiger partial charge on any atom is 0.265 e. The summed E-state index contributed by atoms with van der Waals surface area (Å²) < 4.78 is 22.6. The minimum absolute atomic E-state index is 0.115. The standard InChI is InChI=1S/C20H14N2O6/c1-25-15-3-10-11(4-16(15)26-2)20(24)22(8-23)19-12-5-17-18(28-9-27-17)6-14(12)21-7-13(10)19/h3-8H,9H2,1-2H3. The molecule has 8 heteroatoms. The van der Waals surface area contributed by atoms with Gasteiger partial charge < -0.3 is 18.9 Å². The molecule has 140 valence electrons. The van der Waals surface area contributed by atoms with Gasteiger partial charge in [-0.2, -0.15) is 0 Å². The summed E-state index contributed by atoms with van der Waals surface area (Å²) in [5, 5.41) is 2.19. The second-order valence-electron chi connectivity index (χ2n) is 6.28. The van der Waals surface area contributed by atoms with Crippen molar-refractivity contribution in [2.45, 2.75) is 0 Å². The van der Waals surface area contributed by atoms with Crippen LogP contribution in [0.5, 0.6) is 23.0 Å². The van der Waals surface area contributed by atoms with Crippen molar-refractivity contribution in [2.75, 3.05) is 21.0 Å². The normalized spacial score (nSPS) is 12.6. The molecule has 3 heterocycles. The molecule has 0 aliphatic carbocycles. The van der Waals surface area contributed by atoms with E-state index in [9.17, 15) is 9.59 Å². The van der Waals surface area contributed by atoms with Crippen LogP contribution in [0.2, 0.25) is 0 Å². The Morgan fingerprint density at radius 1 is 0.964 bits per heavy atom. The first kappa shape index (κ1) is 16.4. The van der Waals surface area contributed by atoms with Crippen LogP contribution in [-0.4, -0.2) is 37.0 Å². The molecule has 0 spiro atoms. The number of carbonyl (C=O) groups excluding carboxylic acids is 1. The molecule has 5 rings (SSSR count). The molecule has 1 aliphatic heterocycles. The largest absolute Gasteiger partial charge is 0.493 e. The van der Waals surface area contributed by atoms with Gasteiger partial charge in [0.1, 0.15) is 0 Å². The summed E-state index contributed by atoms with van der Waals surface area (Å²) in [6.07, 6.45) is 2.14. The Kier molecular flexibility index (Phi) is 3.42. The fraction of sp³-hybridized carbons (Fsp3) is 0.150. The highest BCUT2D eigenvalue weighted by Crippen LogP contribution is 2.39. The van der Waals surface area contributed by atoms with Gasteiger partial charge >= 0.3 is 0 Å². The first-order chi connectivity index (χ1) is 13.7. The Morgan fingerprint density at radius 3 is 2.32 bits per heavy atom. The van der Waals surface area contributed by atoms with E-state index in [0.717, 1.165) is 4.57 Å². The highest BCUT2D eigenvalue weighted by atomic mass is 16.7. The summed E-state index contributed by atoms with van der Waals surface area (Å²) in [5.41, 5.74) is 0.582. The third kappa shape index (κ3) is 2.08. The summed E-state index contributed by atoms with van der Waals surface area (Å²) >= 11 is 0. The van der Waals surface area contributed by atoms with Crippen LogP contribution < -0.4 is 24.5 Å². The highest BCUT2D eigenvalue weighted by Gasteiger charge is 2.20. The summed E-state index contributed by atoms with van der Waals surface area (Å²) in [6.45, 7) is 0.115. The lowest BCUT2D eigenvalue weighted by atomic mass is 10.0. The Hall–Kier alpha value is -3.81. The Labute approximate surface area is 157 Å². The van der Waals surface area contributed by atoms with Gasteiger partial charge in [0, 0.05) is 28.4 Å². The lowest BCUT2D eigenvalue weighted by molar-refractivity contribution is 0.174. The number of pyridine rings is 2.